The summed E-state index contributed by atoms with van der Waals surface area (Å²) < 4.78 is 11.7. The molecule has 1 fully saturated rings. The normalized spacial score (nSPS) is 20.3. The second kappa shape index (κ2) is 7.79. The lowest BCUT2D eigenvalue weighted by molar-refractivity contribution is -0.124. The van der Waals surface area contributed by atoms with Crippen LogP contribution in [0.25, 0.3) is 0 Å². The smallest absolute Gasteiger partial charge is 0.122 e. The van der Waals surface area contributed by atoms with Crippen LogP contribution in [0.4, 0.5) is 0 Å². The SMILES string of the molecule is CCOc1ccccc1C[C@@](O)(c1ccccc1)[C@@H]1CNCCO1. The van der Waals surface area contributed by atoms with Crippen LogP contribution in [0.2, 0.25) is 0 Å². The molecule has 0 unspecified atom stereocenters. The van der Waals surface area contributed by atoms with Gasteiger partial charge in [0.2, 0.25) is 0 Å². The molecule has 0 spiro atoms. The van der Waals surface area contributed by atoms with E-state index in [1.165, 1.54) is 0 Å². The van der Waals surface area contributed by atoms with Crippen molar-refractivity contribution < 1.29 is 14.6 Å². The Hall–Kier alpha value is -1.88. The van der Waals surface area contributed by atoms with E-state index in [-0.39, 0.29) is 6.10 Å². The van der Waals surface area contributed by atoms with Crippen LogP contribution < -0.4 is 10.1 Å². The molecule has 4 heteroatoms. The standard InChI is InChI=1S/C20H25NO3/c1-2-23-18-11-7-6-8-16(18)14-20(22,17-9-4-3-5-10-17)19-15-21-12-13-24-19/h3-11,19,21-22H,2,12-15H2,1H3/t19-,20+/m0/s1. The van der Waals surface area contributed by atoms with E-state index >= 15 is 0 Å². The summed E-state index contributed by atoms with van der Waals surface area (Å²) >= 11 is 0. The summed E-state index contributed by atoms with van der Waals surface area (Å²) in [7, 11) is 0. The minimum absolute atomic E-state index is 0.302. The molecule has 4 nitrogen and oxygen atoms in total. The number of aliphatic hydroxyl groups is 1. The minimum atomic E-state index is -1.11. The van der Waals surface area contributed by atoms with E-state index < -0.39 is 5.60 Å². The zero-order valence-electron chi connectivity index (χ0n) is 14.1. The van der Waals surface area contributed by atoms with Crippen molar-refractivity contribution in [2.75, 3.05) is 26.3 Å². The fourth-order valence-electron chi connectivity index (χ4n) is 3.24. The Morgan fingerprint density at radius 2 is 1.92 bits per heavy atom. The zero-order valence-corrected chi connectivity index (χ0v) is 14.1. The number of benzene rings is 2. The summed E-state index contributed by atoms with van der Waals surface area (Å²) in [4.78, 5) is 0. The van der Waals surface area contributed by atoms with Gasteiger partial charge in [-0.15, -0.1) is 0 Å². The molecule has 2 N–H and O–H groups in total. The van der Waals surface area contributed by atoms with Gasteiger partial charge in [0, 0.05) is 19.5 Å². The molecule has 0 bridgehead atoms. The van der Waals surface area contributed by atoms with Crippen molar-refractivity contribution in [3.8, 4) is 5.75 Å². The second-order valence-corrected chi connectivity index (χ2v) is 6.07. The quantitative estimate of drug-likeness (QED) is 0.856. The van der Waals surface area contributed by atoms with Crippen molar-refractivity contribution >= 4 is 0 Å². The molecule has 1 heterocycles. The van der Waals surface area contributed by atoms with Crippen molar-refractivity contribution in [3.05, 3.63) is 65.7 Å². The average molecular weight is 327 g/mol. The first kappa shape index (κ1) is 17.0. The van der Waals surface area contributed by atoms with Gasteiger partial charge in [-0.2, -0.15) is 0 Å². The summed E-state index contributed by atoms with van der Waals surface area (Å²) in [6.45, 7) is 4.61. The first-order valence-corrected chi connectivity index (χ1v) is 8.55. The van der Waals surface area contributed by atoms with E-state index in [0.29, 0.717) is 26.2 Å². The van der Waals surface area contributed by atoms with Gasteiger partial charge in [0.15, 0.2) is 0 Å². The third-order valence-electron chi connectivity index (χ3n) is 4.47. The van der Waals surface area contributed by atoms with Crippen molar-refractivity contribution in [3.63, 3.8) is 0 Å². The largest absolute Gasteiger partial charge is 0.494 e. The predicted molar refractivity (Wildman–Crippen MR) is 94.3 cm³/mol. The number of morpholine rings is 1. The summed E-state index contributed by atoms with van der Waals surface area (Å²) in [6, 6.07) is 17.7. The van der Waals surface area contributed by atoms with Crippen LogP contribution in [0.3, 0.4) is 0 Å². The lowest BCUT2D eigenvalue weighted by atomic mass is 9.81. The molecular formula is C20H25NO3. The molecule has 1 aliphatic heterocycles. The summed E-state index contributed by atoms with van der Waals surface area (Å²) in [5.41, 5.74) is 0.742. The van der Waals surface area contributed by atoms with Crippen LogP contribution in [-0.2, 0) is 16.8 Å². The zero-order chi connectivity index (χ0) is 16.8. The van der Waals surface area contributed by atoms with E-state index in [2.05, 4.69) is 5.32 Å². The molecule has 0 aromatic heterocycles. The molecule has 0 radical (unpaired) electrons. The number of nitrogens with one attached hydrogen (secondary N) is 1. The van der Waals surface area contributed by atoms with Crippen LogP contribution in [0.5, 0.6) is 5.75 Å². The van der Waals surface area contributed by atoms with Crippen LogP contribution in [0, 0.1) is 0 Å². The molecule has 24 heavy (non-hydrogen) atoms. The minimum Gasteiger partial charge on any atom is -0.494 e. The van der Waals surface area contributed by atoms with Crippen LogP contribution >= 0.6 is 0 Å². The van der Waals surface area contributed by atoms with Crippen LogP contribution in [-0.4, -0.2) is 37.5 Å². The lowest BCUT2D eigenvalue weighted by Gasteiger charge is -2.39. The Labute approximate surface area is 143 Å². The van der Waals surface area contributed by atoms with Crippen molar-refractivity contribution in [1.29, 1.82) is 0 Å². The number of hydrogen-bond acceptors (Lipinski definition) is 4. The topological polar surface area (TPSA) is 50.7 Å². The van der Waals surface area contributed by atoms with Crippen LogP contribution in [0.15, 0.2) is 54.6 Å². The molecule has 128 valence electrons. The maximum Gasteiger partial charge on any atom is 0.122 e. The molecular weight excluding hydrogens is 302 g/mol. The molecule has 0 amide bonds. The van der Waals surface area contributed by atoms with Gasteiger partial charge in [0.05, 0.1) is 13.2 Å². The summed E-state index contributed by atoms with van der Waals surface area (Å²) in [6.07, 6.45) is 0.142. The Morgan fingerprint density at radius 1 is 1.17 bits per heavy atom. The Morgan fingerprint density at radius 3 is 2.62 bits per heavy atom. The average Bonchev–Trinajstić information content (AvgIpc) is 2.65. The molecule has 0 aliphatic carbocycles. The number of ether oxygens (including phenoxy) is 2. The molecule has 3 rings (SSSR count). The highest BCUT2D eigenvalue weighted by atomic mass is 16.5. The van der Waals surface area contributed by atoms with E-state index in [1.807, 2.05) is 61.5 Å². The third-order valence-corrected chi connectivity index (χ3v) is 4.47. The number of para-hydroxylation sites is 1. The van der Waals surface area contributed by atoms with Gasteiger partial charge in [-0.05, 0) is 24.1 Å². The van der Waals surface area contributed by atoms with Crippen molar-refractivity contribution in [1.82, 2.24) is 5.32 Å². The lowest BCUT2D eigenvalue weighted by Crippen LogP contribution is -2.52. The number of rotatable bonds is 6. The molecule has 2 aromatic rings. The first-order valence-electron chi connectivity index (χ1n) is 8.55. The Bertz CT molecular complexity index is 640. The van der Waals surface area contributed by atoms with Crippen molar-refractivity contribution in [2.45, 2.75) is 25.0 Å². The van der Waals surface area contributed by atoms with E-state index in [0.717, 1.165) is 23.4 Å². The molecule has 1 aliphatic rings. The summed E-state index contributed by atoms with van der Waals surface area (Å²) in [5.74, 6) is 0.818. The van der Waals surface area contributed by atoms with Gasteiger partial charge in [-0.3, -0.25) is 0 Å². The van der Waals surface area contributed by atoms with E-state index in [9.17, 15) is 5.11 Å². The maximum absolute atomic E-state index is 11.6. The maximum atomic E-state index is 11.6. The molecule has 1 saturated heterocycles. The highest BCUT2D eigenvalue weighted by Gasteiger charge is 2.41. The highest BCUT2D eigenvalue weighted by molar-refractivity contribution is 5.37. The van der Waals surface area contributed by atoms with Gasteiger partial charge >= 0.3 is 0 Å². The van der Waals surface area contributed by atoms with Gasteiger partial charge in [0.25, 0.3) is 0 Å². The van der Waals surface area contributed by atoms with Crippen molar-refractivity contribution in [2.24, 2.45) is 0 Å². The third kappa shape index (κ3) is 3.61. The highest BCUT2D eigenvalue weighted by Crippen LogP contribution is 2.34. The Kier molecular flexibility index (Phi) is 5.51. The molecule has 2 atom stereocenters. The fraction of sp³-hybridized carbons (Fsp3) is 0.400. The van der Waals surface area contributed by atoms with E-state index in [4.69, 9.17) is 9.47 Å². The first-order chi connectivity index (χ1) is 11.7. The molecule has 0 saturated carbocycles. The van der Waals surface area contributed by atoms with Crippen LogP contribution in [0.1, 0.15) is 18.1 Å². The van der Waals surface area contributed by atoms with Gasteiger partial charge in [-0.1, -0.05) is 48.5 Å². The van der Waals surface area contributed by atoms with Gasteiger partial charge < -0.3 is 19.9 Å². The van der Waals surface area contributed by atoms with Gasteiger partial charge in [0.1, 0.15) is 17.5 Å². The molecule has 2 aromatic carbocycles. The summed E-state index contributed by atoms with van der Waals surface area (Å²) in [5, 5.41) is 15.0. The number of hydrogen-bond donors (Lipinski definition) is 2. The fourth-order valence-corrected chi connectivity index (χ4v) is 3.24. The second-order valence-electron chi connectivity index (χ2n) is 6.07. The van der Waals surface area contributed by atoms with Gasteiger partial charge in [-0.25, -0.2) is 0 Å². The Balaban J connectivity index is 1.96. The van der Waals surface area contributed by atoms with E-state index in [1.54, 1.807) is 0 Å². The monoisotopic (exact) mass is 327 g/mol. The predicted octanol–water partition coefficient (Wildman–Crippen LogP) is 2.50.